The average Bonchev–Trinajstić information content (AvgIpc) is 2.69. The summed E-state index contributed by atoms with van der Waals surface area (Å²) in [7, 11) is -1.87. The van der Waals surface area contributed by atoms with E-state index in [4.69, 9.17) is 4.74 Å². The van der Waals surface area contributed by atoms with Crippen LogP contribution in [-0.4, -0.2) is 57.5 Å². The molecule has 2 aromatic carbocycles. The second-order valence-corrected chi connectivity index (χ2v) is 8.87. The maximum atomic E-state index is 13.0. The molecule has 0 amide bonds. The van der Waals surface area contributed by atoms with Crippen molar-refractivity contribution in [2.45, 2.75) is 24.7 Å². The highest BCUT2D eigenvalue weighted by Crippen LogP contribution is 2.24. The lowest BCUT2D eigenvalue weighted by Crippen LogP contribution is -2.48. The molecule has 0 radical (unpaired) electrons. The standard InChI is InChI=1S/C21H28N2O3S/c1-18-17-20(26-2)10-11-21(18)27(24,25)23-15-13-22(14-16-23)12-6-9-19-7-4-3-5-8-19/h3-5,7-8,10-11,17H,6,9,12-16H2,1-2H3. The van der Waals surface area contributed by atoms with Crippen molar-refractivity contribution in [2.24, 2.45) is 0 Å². The van der Waals surface area contributed by atoms with Crippen LogP contribution in [0, 0.1) is 6.92 Å². The quantitative estimate of drug-likeness (QED) is 0.732. The van der Waals surface area contributed by atoms with E-state index in [1.807, 2.05) is 13.0 Å². The van der Waals surface area contributed by atoms with Crippen LogP contribution in [0.1, 0.15) is 17.5 Å². The third kappa shape index (κ3) is 4.89. The molecule has 1 saturated heterocycles. The van der Waals surface area contributed by atoms with Gasteiger partial charge in [-0.3, -0.25) is 0 Å². The van der Waals surface area contributed by atoms with E-state index in [9.17, 15) is 8.42 Å². The van der Waals surface area contributed by atoms with Crippen molar-refractivity contribution in [2.75, 3.05) is 39.8 Å². The van der Waals surface area contributed by atoms with Gasteiger partial charge in [-0.05, 0) is 55.6 Å². The number of methoxy groups -OCH3 is 1. The molecule has 2 aromatic rings. The molecule has 5 nitrogen and oxygen atoms in total. The molecule has 0 spiro atoms. The van der Waals surface area contributed by atoms with Gasteiger partial charge in [-0.2, -0.15) is 4.31 Å². The minimum absolute atomic E-state index is 0.376. The highest BCUT2D eigenvalue weighted by molar-refractivity contribution is 7.89. The summed E-state index contributed by atoms with van der Waals surface area (Å²) in [6.45, 7) is 5.46. The molecular formula is C21H28N2O3S. The third-order valence-corrected chi connectivity index (χ3v) is 7.17. The van der Waals surface area contributed by atoms with E-state index >= 15 is 0 Å². The van der Waals surface area contributed by atoms with Crippen molar-refractivity contribution in [1.82, 2.24) is 9.21 Å². The van der Waals surface area contributed by atoms with Crippen LogP contribution in [0.4, 0.5) is 0 Å². The van der Waals surface area contributed by atoms with Gasteiger partial charge >= 0.3 is 0 Å². The Labute approximate surface area is 162 Å². The van der Waals surface area contributed by atoms with Gasteiger partial charge in [0, 0.05) is 26.2 Å². The minimum Gasteiger partial charge on any atom is -0.497 e. The number of piperazine rings is 1. The van der Waals surface area contributed by atoms with Gasteiger partial charge in [0.1, 0.15) is 5.75 Å². The number of rotatable bonds is 7. The summed E-state index contributed by atoms with van der Waals surface area (Å²) in [6.07, 6.45) is 2.15. The lowest BCUT2D eigenvalue weighted by atomic mass is 10.1. The van der Waals surface area contributed by atoms with E-state index in [-0.39, 0.29) is 0 Å². The SMILES string of the molecule is COc1ccc(S(=O)(=O)N2CCN(CCCc3ccccc3)CC2)c(C)c1. The fraction of sp³-hybridized carbons (Fsp3) is 0.429. The lowest BCUT2D eigenvalue weighted by Gasteiger charge is -2.34. The van der Waals surface area contributed by atoms with Crippen molar-refractivity contribution in [3.05, 3.63) is 59.7 Å². The molecule has 1 aliphatic rings. The molecule has 1 aliphatic heterocycles. The van der Waals surface area contributed by atoms with E-state index in [1.54, 1.807) is 29.6 Å². The molecule has 0 aromatic heterocycles. The van der Waals surface area contributed by atoms with Crippen molar-refractivity contribution in [3.8, 4) is 5.75 Å². The van der Waals surface area contributed by atoms with Crippen molar-refractivity contribution in [3.63, 3.8) is 0 Å². The Bertz CT molecular complexity index is 845. The summed E-state index contributed by atoms with van der Waals surface area (Å²) in [6, 6.07) is 15.6. The number of ether oxygens (including phenoxy) is 1. The molecule has 0 atom stereocenters. The van der Waals surface area contributed by atoms with Gasteiger partial charge in [0.15, 0.2) is 0 Å². The van der Waals surface area contributed by atoms with Gasteiger partial charge in [0.25, 0.3) is 0 Å². The topological polar surface area (TPSA) is 49.9 Å². The van der Waals surface area contributed by atoms with Crippen LogP contribution in [0.5, 0.6) is 5.75 Å². The van der Waals surface area contributed by atoms with Gasteiger partial charge in [-0.25, -0.2) is 8.42 Å². The first-order valence-corrected chi connectivity index (χ1v) is 10.9. The maximum absolute atomic E-state index is 13.0. The van der Waals surface area contributed by atoms with Crippen LogP contribution in [-0.2, 0) is 16.4 Å². The normalized spacial score (nSPS) is 16.4. The number of nitrogens with zero attached hydrogens (tertiary/aromatic N) is 2. The Balaban J connectivity index is 1.53. The largest absolute Gasteiger partial charge is 0.497 e. The second-order valence-electron chi connectivity index (χ2n) is 6.97. The fourth-order valence-electron chi connectivity index (χ4n) is 3.52. The molecule has 6 heteroatoms. The van der Waals surface area contributed by atoms with Crippen LogP contribution in [0.3, 0.4) is 0 Å². The first kappa shape index (κ1) is 19.9. The Hall–Kier alpha value is -1.89. The van der Waals surface area contributed by atoms with Gasteiger partial charge in [-0.15, -0.1) is 0 Å². The Morgan fingerprint density at radius 2 is 1.70 bits per heavy atom. The van der Waals surface area contributed by atoms with Gasteiger partial charge in [0.05, 0.1) is 12.0 Å². The Morgan fingerprint density at radius 3 is 2.33 bits per heavy atom. The molecule has 0 unspecified atom stereocenters. The summed E-state index contributed by atoms with van der Waals surface area (Å²) in [5.74, 6) is 0.676. The van der Waals surface area contributed by atoms with Crippen molar-refractivity contribution in [1.29, 1.82) is 0 Å². The summed E-state index contributed by atoms with van der Waals surface area (Å²) in [5.41, 5.74) is 2.08. The molecule has 1 fully saturated rings. The van der Waals surface area contributed by atoms with Crippen LogP contribution in [0.15, 0.2) is 53.4 Å². The van der Waals surface area contributed by atoms with Crippen molar-refractivity contribution < 1.29 is 13.2 Å². The summed E-state index contributed by atoms with van der Waals surface area (Å²) in [4.78, 5) is 2.73. The second kappa shape index (κ2) is 8.87. The zero-order valence-corrected chi connectivity index (χ0v) is 16.9. The van der Waals surface area contributed by atoms with Crippen LogP contribution >= 0.6 is 0 Å². The highest BCUT2D eigenvalue weighted by atomic mass is 32.2. The molecule has 27 heavy (non-hydrogen) atoms. The smallest absolute Gasteiger partial charge is 0.243 e. The highest BCUT2D eigenvalue weighted by Gasteiger charge is 2.29. The average molecular weight is 389 g/mol. The molecule has 0 N–H and O–H groups in total. The first-order chi connectivity index (χ1) is 13.0. The van der Waals surface area contributed by atoms with Gasteiger partial charge in [0.2, 0.25) is 10.0 Å². The molecule has 0 bridgehead atoms. The van der Waals surface area contributed by atoms with Gasteiger partial charge < -0.3 is 9.64 Å². The molecule has 146 valence electrons. The zero-order valence-electron chi connectivity index (χ0n) is 16.1. The Morgan fingerprint density at radius 1 is 1.00 bits per heavy atom. The third-order valence-electron chi connectivity index (χ3n) is 5.11. The van der Waals surface area contributed by atoms with Crippen LogP contribution in [0.2, 0.25) is 0 Å². The molecule has 0 aliphatic carbocycles. The number of aryl methyl sites for hydroxylation is 2. The number of hydrogen-bond acceptors (Lipinski definition) is 4. The van der Waals surface area contributed by atoms with E-state index in [2.05, 4.69) is 29.2 Å². The van der Waals surface area contributed by atoms with Crippen LogP contribution < -0.4 is 4.74 Å². The zero-order chi connectivity index (χ0) is 19.3. The van der Waals surface area contributed by atoms with E-state index in [0.29, 0.717) is 23.7 Å². The minimum atomic E-state index is -3.45. The first-order valence-electron chi connectivity index (χ1n) is 9.42. The van der Waals surface area contributed by atoms with E-state index in [0.717, 1.165) is 38.0 Å². The summed E-state index contributed by atoms with van der Waals surface area (Å²) < 4.78 is 32.7. The summed E-state index contributed by atoms with van der Waals surface area (Å²) in [5, 5.41) is 0. The van der Waals surface area contributed by atoms with Crippen molar-refractivity contribution >= 4 is 10.0 Å². The van der Waals surface area contributed by atoms with E-state index in [1.165, 1.54) is 5.56 Å². The molecule has 1 heterocycles. The predicted molar refractivity (Wildman–Crippen MR) is 108 cm³/mol. The lowest BCUT2D eigenvalue weighted by molar-refractivity contribution is 0.187. The maximum Gasteiger partial charge on any atom is 0.243 e. The van der Waals surface area contributed by atoms with E-state index < -0.39 is 10.0 Å². The fourth-order valence-corrected chi connectivity index (χ4v) is 5.15. The number of benzene rings is 2. The Kier molecular flexibility index (Phi) is 6.52. The van der Waals surface area contributed by atoms with Crippen LogP contribution in [0.25, 0.3) is 0 Å². The number of sulfonamides is 1. The monoisotopic (exact) mass is 388 g/mol. The molecular weight excluding hydrogens is 360 g/mol. The summed E-state index contributed by atoms with van der Waals surface area (Å²) >= 11 is 0. The van der Waals surface area contributed by atoms with Gasteiger partial charge in [-0.1, -0.05) is 30.3 Å². The number of hydrogen-bond donors (Lipinski definition) is 0. The predicted octanol–water partition coefficient (Wildman–Crippen LogP) is 2.94. The molecule has 0 saturated carbocycles. The molecule has 3 rings (SSSR count).